The maximum Gasteiger partial charge on any atom is 0.0887 e. The van der Waals surface area contributed by atoms with Crippen LogP contribution in [0.25, 0.3) is 0 Å². The Labute approximate surface area is 139 Å². The van der Waals surface area contributed by atoms with Crippen LogP contribution in [0.15, 0.2) is 9.85 Å². The van der Waals surface area contributed by atoms with E-state index in [1.165, 1.54) is 30.6 Å². The minimum Gasteiger partial charge on any atom is -0.130 e. The molecule has 1 fully saturated rings. The molecule has 0 nitrogen and oxygen atoms in total. The quantitative estimate of drug-likeness (QED) is 0.470. The zero-order chi connectivity index (χ0) is 14.2. The molecule has 1 aliphatic rings. The highest BCUT2D eigenvalue weighted by molar-refractivity contribution is 9.11. The standard InChI is InChI=1S/C15H21BrCl2S/c1-15(2,3)10-6-4-9(5-7-10)13(18)12-8-11(17)14(16)19-12/h8-10,13H,4-7H2,1-3H3. The van der Waals surface area contributed by atoms with Gasteiger partial charge in [0.05, 0.1) is 14.2 Å². The third kappa shape index (κ3) is 3.90. The topological polar surface area (TPSA) is 0 Å². The fourth-order valence-electron chi connectivity index (χ4n) is 3.01. The van der Waals surface area contributed by atoms with Crippen molar-refractivity contribution in [2.75, 3.05) is 0 Å². The molecule has 1 aromatic heterocycles. The normalized spacial score (nSPS) is 26.4. The van der Waals surface area contributed by atoms with Crippen molar-refractivity contribution in [1.82, 2.24) is 0 Å². The Kier molecular flexibility index (Phi) is 5.31. The van der Waals surface area contributed by atoms with E-state index >= 15 is 0 Å². The second-order valence-electron chi connectivity index (χ2n) is 6.65. The molecule has 1 aliphatic carbocycles. The van der Waals surface area contributed by atoms with Crippen LogP contribution in [0.5, 0.6) is 0 Å². The number of hydrogen-bond acceptors (Lipinski definition) is 1. The molecule has 4 heteroatoms. The molecule has 108 valence electrons. The second kappa shape index (κ2) is 6.25. The first-order chi connectivity index (χ1) is 8.79. The van der Waals surface area contributed by atoms with Crippen LogP contribution in [0.3, 0.4) is 0 Å². The smallest absolute Gasteiger partial charge is 0.0887 e. The van der Waals surface area contributed by atoms with Gasteiger partial charge in [0.2, 0.25) is 0 Å². The summed E-state index contributed by atoms with van der Waals surface area (Å²) in [5.41, 5.74) is 0.433. The van der Waals surface area contributed by atoms with E-state index in [1.54, 1.807) is 11.3 Å². The predicted molar refractivity (Wildman–Crippen MR) is 90.5 cm³/mol. The third-order valence-electron chi connectivity index (χ3n) is 4.35. The molecule has 0 radical (unpaired) electrons. The Balaban J connectivity index is 1.98. The largest absolute Gasteiger partial charge is 0.130 e. The van der Waals surface area contributed by atoms with Crippen LogP contribution < -0.4 is 0 Å². The summed E-state index contributed by atoms with van der Waals surface area (Å²) in [6, 6.07) is 2.02. The summed E-state index contributed by atoms with van der Waals surface area (Å²) < 4.78 is 0.998. The van der Waals surface area contributed by atoms with Gasteiger partial charge in [0.25, 0.3) is 0 Å². The van der Waals surface area contributed by atoms with Crippen molar-refractivity contribution in [2.45, 2.75) is 51.8 Å². The van der Waals surface area contributed by atoms with Crippen molar-refractivity contribution in [1.29, 1.82) is 0 Å². The van der Waals surface area contributed by atoms with Gasteiger partial charge >= 0.3 is 0 Å². The first kappa shape index (κ1) is 16.1. The Bertz CT molecular complexity index is 408. The van der Waals surface area contributed by atoms with Crippen LogP contribution in [0, 0.1) is 17.3 Å². The average Bonchev–Trinajstić information content (AvgIpc) is 2.68. The molecule has 2 rings (SSSR count). The lowest BCUT2D eigenvalue weighted by molar-refractivity contribution is 0.148. The summed E-state index contributed by atoms with van der Waals surface area (Å²) in [7, 11) is 0. The highest BCUT2D eigenvalue weighted by atomic mass is 79.9. The SMILES string of the molecule is CC(C)(C)C1CCC(C(Cl)c2cc(Cl)c(Br)s2)CC1. The summed E-state index contributed by atoms with van der Waals surface area (Å²) >= 11 is 17.9. The van der Waals surface area contributed by atoms with Crippen LogP contribution in [-0.4, -0.2) is 0 Å². The fourth-order valence-corrected chi connectivity index (χ4v) is 5.28. The lowest BCUT2D eigenvalue weighted by atomic mass is 9.69. The lowest BCUT2D eigenvalue weighted by Crippen LogP contribution is -2.27. The minimum absolute atomic E-state index is 0.120. The van der Waals surface area contributed by atoms with E-state index in [0.29, 0.717) is 11.3 Å². The molecule has 0 aromatic carbocycles. The van der Waals surface area contributed by atoms with Crippen molar-refractivity contribution in [3.63, 3.8) is 0 Å². The third-order valence-corrected chi connectivity index (χ3v) is 7.63. The Morgan fingerprint density at radius 3 is 2.26 bits per heavy atom. The van der Waals surface area contributed by atoms with E-state index in [4.69, 9.17) is 23.2 Å². The van der Waals surface area contributed by atoms with E-state index in [0.717, 1.165) is 14.7 Å². The summed E-state index contributed by atoms with van der Waals surface area (Å²) in [5, 5.41) is 0.906. The van der Waals surface area contributed by atoms with E-state index in [9.17, 15) is 0 Å². The highest BCUT2D eigenvalue weighted by Crippen LogP contribution is 2.48. The van der Waals surface area contributed by atoms with Gasteiger partial charge in [-0.1, -0.05) is 32.4 Å². The molecule has 1 aromatic rings. The van der Waals surface area contributed by atoms with Crippen LogP contribution in [-0.2, 0) is 0 Å². The molecule has 1 atom stereocenters. The van der Waals surface area contributed by atoms with Gasteiger partial charge in [0, 0.05) is 4.88 Å². The minimum atomic E-state index is 0.120. The van der Waals surface area contributed by atoms with Gasteiger partial charge in [-0.05, 0) is 64.9 Å². The number of halogens is 3. The van der Waals surface area contributed by atoms with E-state index in [1.807, 2.05) is 6.07 Å². The zero-order valence-electron chi connectivity index (χ0n) is 11.7. The van der Waals surface area contributed by atoms with Gasteiger partial charge in [-0.25, -0.2) is 0 Å². The van der Waals surface area contributed by atoms with Gasteiger partial charge in [-0.2, -0.15) is 0 Å². The van der Waals surface area contributed by atoms with Crippen LogP contribution in [0.2, 0.25) is 5.02 Å². The zero-order valence-corrected chi connectivity index (χ0v) is 15.6. The van der Waals surface area contributed by atoms with Crippen LogP contribution >= 0.6 is 50.5 Å². The molecule has 19 heavy (non-hydrogen) atoms. The van der Waals surface area contributed by atoms with Gasteiger partial charge in [-0.15, -0.1) is 22.9 Å². The summed E-state index contributed by atoms with van der Waals surface area (Å²) in [6.07, 6.45) is 5.09. The molecule has 0 aliphatic heterocycles. The van der Waals surface area contributed by atoms with Crippen molar-refractivity contribution in [3.05, 3.63) is 19.8 Å². The van der Waals surface area contributed by atoms with Crippen molar-refractivity contribution < 1.29 is 0 Å². The lowest BCUT2D eigenvalue weighted by Gasteiger charge is -2.38. The molecule has 1 unspecified atom stereocenters. The van der Waals surface area contributed by atoms with E-state index in [-0.39, 0.29) is 5.38 Å². The average molecular weight is 384 g/mol. The molecule has 0 N–H and O–H groups in total. The molecule has 0 saturated heterocycles. The first-order valence-corrected chi connectivity index (χ1v) is 9.30. The molecule has 0 amide bonds. The molecule has 1 heterocycles. The highest BCUT2D eigenvalue weighted by Gasteiger charge is 2.33. The number of alkyl halides is 1. The fraction of sp³-hybridized carbons (Fsp3) is 0.733. The first-order valence-electron chi connectivity index (χ1n) is 6.88. The number of rotatable bonds is 2. The summed E-state index contributed by atoms with van der Waals surface area (Å²) in [4.78, 5) is 1.21. The molecular formula is C15H21BrCl2S. The maximum absolute atomic E-state index is 6.66. The van der Waals surface area contributed by atoms with Crippen molar-refractivity contribution >= 4 is 50.5 Å². The van der Waals surface area contributed by atoms with Gasteiger partial charge in [0.15, 0.2) is 0 Å². The molecule has 0 spiro atoms. The van der Waals surface area contributed by atoms with Crippen molar-refractivity contribution in [2.24, 2.45) is 17.3 Å². The predicted octanol–water partition coefficient (Wildman–Crippen LogP) is 7.30. The second-order valence-corrected chi connectivity index (χ2v) is 9.93. The van der Waals surface area contributed by atoms with Crippen LogP contribution in [0.1, 0.15) is 56.7 Å². The number of hydrogen-bond donors (Lipinski definition) is 0. The monoisotopic (exact) mass is 382 g/mol. The summed E-state index contributed by atoms with van der Waals surface area (Å²) in [6.45, 7) is 7.06. The molecule has 0 bridgehead atoms. The Hall–Kier alpha value is 0.760. The summed E-state index contributed by atoms with van der Waals surface area (Å²) in [5.74, 6) is 1.44. The van der Waals surface area contributed by atoms with Crippen LogP contribution in [0.4, 0.5) is 0 Å². The van der Waals surface area contributed by atoms with E-state index in [2.05, 4.69) is 36.7 Å². The number of thiophene rings is 1. The Morgan fingerprint density at radius 1 is 1.26 bits per heavy atom. The van der Waals surface area contributed by atoms with Gasteiger partial charge < -0.3 is 0 Å². The molecule has 1 saturated carbocycles. The van der Waals surface area contributed by atoms with Gasteiger partial charge in [-0.3, -0.25) is 0 Å². The van der Waals surface area contributed by atoms with Gasteiger partial charge in [0.1, 0.15) is 0 Å². The van der Waals surface area contributed by atoms with E-state index < -0.39 is 0 Å². The molecular weight excluding hydrogens is 363 g/mol. The van der Waals surface area contributed by atoms with Crippen molar-refractivity contribution in [3.8, 4) is 0 Å². The Morgan fingerprint density at radius 2 is 1.84 bits per heavy atom. The maximum atomic E-state index is 6.66.